The second kappa shape index (κ2) is 6.63. The number of aryl methyl sites for hydroxylation is 1. The highest BCUT2D eigenvalue weighted by atomic mass is 32.2. The smallest absolute Gasteiger partial charge is 0.341 e. The topological polar surface area (TPSA) is 56.1 Å². The molecule has 0 spiro atoms. The van der Waals surface area contributed by atoms with Crippen LogP contribution >= 0.6 is 11.8 Å². The van der Waals surface area contributed by atoms with Crippen LogP contribution in [0.5, 0.6) is 0 Å². The maximum absolute atomic E-state index is 11.9. The Hall–Kier alpha value is -1.01. The molecule has 0 unspecified atom stereocenters. The van der Waals surface area contributed by atoms with Gasteiger partial charge in [0.1, 0.15) is 5.56 Å². The molecule has 6 heteroatoms. The zero-order valence-electron chi connectivity index (χ0n) is 12.4. The number of hydrogen-bond acceptors (Lipinski definition) is 5. The van der Waals surface area contributed by atoms with Gasteiger partial charge >= 0.3 is 5.97 Å². The quantitative estimate of drug-likeness (QED) is 0.780. The highest BCUT2D eigenvalue weighted by Crippen LogP contribution is 2.42. The van der Waals surface area contributed by atoms with E-state index in [0.29, 0.717) is 23.5 Å². The summed E-state index contributed by atoms with van der Waals surface area (Å²) in [6, 6.07) is 0. The lowest BCUT2D eigenvalue weighted by molar-refractivity contribution is 0.0524. The molecule has 112 valence electrons. The zero-order valence-corrected chi connectivity index (χ0v) is 13.3. The van der Waals surface area contributed by atoms with Crippen LogP contribution in [0.25, 0.3) is 0 Å². The molecule has 2 rings (SSSR count). The average molecular weight is 297 g/mol. The average Bonchev–Trinajstić information content (AvgIpc) is 2.75. The van der Waals surface area contributed by atoms with Crippen LogP contribution < -0.4 is 5.32 Å². The zero-order chi connectivity index (χ0) is 14.6. The number of hydrogen-bond donors (Lipinski definition) is 1. The molecular formula is C14H23N3O2S. The third-order valence-electron chi connectivity index (χ3n) is 3.99. The van der Waals surface area contributed by atoms with Crippen molar-refractivity contribution >= 4 is 17.7 Å². The third kappa shape index (κ3) is 3.17. The predicted octanol–water partition coefficient (Wildman–Crippen LogP) is 1.97. The molecule has 0 amide bonds. The number of aromatic nitrogens is 2. The Kier molecular flexibility index (Phi) is 5.10. The van der Waals surface area contributed by atoms with Crippen LogP contribution in [-0.2, 0) is 18.3 Å². The largest absolute Gasteiger partial charge is 0.462 e. The van der Waals surface area contributed by atoms with E-state index in [2.05, 4.69) is 16.7 Å². The summed E-state index contributed by atoms with van der Waals surface area (Å²) < 4.78 is 7.19. The van der Waals surface area contributed by atoms with Crippen molar-refractivity contribution in [2.75, 3.05) is 19.4 Å². The summed E-state index contributed by atoms with van der Waals surface area (Å²) in [5, 5.41) is 7.63. The second-order valence-corrected chi connectivity index (χ2v) is 6.47. The van der Waals surface area contributed by atoms with Gasteiger partial charge < -0.3 is 10.1 Å². The van der Waals surface area contributed by atoms with Crippen molar-refractivity contribution in [2.24, 2.45) is 7.05 Å². The van der Waals surface area contributed by atoms with Crippen LogP contribution in [-0.4, -0.2) is 39.9 Å². The molecule has 1 heterocycles. The minimum atomic E-state index is -0.291. The molecule has 1 aromatic rings. The van der Waals surface area contributed by atoms with E-state index < -0.39 is 0 Å². The Morgan fingerprint density at radius 2 is 2.35 bits per heavy atom. The van der Waals surface area contributed by atoms with Gasteiger partial charge in [0.05, 0.1) is 18.5 Å². The second-order valence-electron chi connectivity index (χ2n) is 5.19. The molecule has 0 atom stereocenters. The first kappa shape index (κ1) is 15.4. The summed E-state index contributed by atoms with van der Waals surface area (Å²) in [4.78, 5) is 11.9. The van der Waals surface area contributed by atoms with E-state index in [9.17, 15) is 4.79 Å². The molecule has 0 radical (unpaired) electrons. The molecule has 0 aromatic carbocycles. The van der Waals surface area contributed by atoms with E-state index in [4.69, 9.17) is 4.74 Å². The Balaban J connectivity index is 1.95. The molecular weight excluding hydrogens is 274 g/mol. The molecule has 0 aliphatic heterocycles. The lowest BCUT2D eigenvalue weighted by Gasteiger charge is -2.40. The maximum atomic E-state index is 11.9. The highest BCUT2D eigenvalue weighted by molar-refractivity contribution is 8.00. The van der Waals surface area contributed by atoms with Gasteiger partial charge in [-0.3, -0.25) is 4.68 Å². The summed E-state index contributed by atoms with van der Waals surface area (Å²) in [7, 11) is 1.85. The van der Waals surface area contributed by atoms with Crippen LogP contribution in [0.4, 0.5) is 0 Å². The predicted molar refractivity (Wildman–Crippen MR) is 81.0 cm³/mol. The van der Waals surface area contributed by atoms with Gasteiger partial charge in [-0.1, -0.05) is 6.42 Å². The fourth-order valence-corrected chi connectivity index (χ4v) is 3.43. The van der Waals surface area contributed by atoms with E-state index in [1.165, 1.54) is 19.3 Å². The van der Waals surface area contributed by atoms with E-state index >= 15 is 0 Å². The number of carbonyl (C=O) groups excluding carboxylic acids is 1. The summed E-state index contributed by atoms with van der Waals surface area (Å²) in [5.41, 5.74) is 1.45. The molecule has 1 aliphatic carbocycles. The van der Waals surface area contributed by atoms with E-state index in [1.807, 2.05) is 25.7 Å². The van der Waals surface area contributed by atoms with Crippen LogP contribution in [0.15, 0.2) is 6.20 Å². The van der Waals surface area contributed by atoms with Crippen molar-refractivity contribution in [1.29, 1.82) is 0 Å². The normalized spacial score (nSPS) is 16.8. The van der Waals surface area contributed by atoms with Gasteiger partial charge in [0.2, 0.25) is 0 Å². The first-order chi connectivity index (χ1) is 9.62. The molecule has 1 N–H and O–H groups in total. The fraction of sp³-hybridized carbons (Fsp3) is 0.714. The van der Waals surface area contributed by atoms with Gasteiger partial charge in [0, 0.05) is 24.9 Å². The van der Waals surface area contributed by atoms with Gasteiger partial charge in [-0.15, -0.1) is 0 Å². The van der Waals surface area contributed by atoms with Gasteiger partial charge in [-0.05, 0) is 26.0 Å². The van der Waals surface area contributed by atoms with Crippen molar-refractivity contribution in [3.8, 4) is 0 Å². The Labute approximate surface area is 124 Å². The van der Waals surface area contributed by atoms with Crippen molar-refractivity contribution in [2.45, 2.75) is 37.5 Å². The number of ether oxygens (including phenoxy) is 1. The summed E-state index contributed by atoms with van der Waals surface area (Å²) in [6.07, 6.45) is 7.63. The van der Waals surface area contributed by atoms with Crippen LogP contribution in [0.3, 0.4) is 0 Å². The standard InChI is InChI=1S/C14H23N3O2S/c1-4-19-13(18)11-8-16-17(2)12(11)9-15-10-14(20-3)6-5-7-14/h8,15H,4-7,9-10H2,1-3H3. The molecule has 0 saturated heterocycles. The minimum Gasteiger partial charge on any atom is -0.462 e. The maximum Gasteiger partial charge on any atom is 0.341 e. The van der Waals surface area contributed by atoms with Gasteiger partial charge in [-0.2, -0.15) is 16.9 Å². The third-order valence-corrected chi connectivity index (χ3v) is 5.41. The summed E-state index contributed by atoms with van der Waals surface area (Å²) in [6.45, 7) is 3.82. The number of thioether (sulfide) groups is 1. The molecule has 0 bridgehead atoms. The summed E-state index contributed by atoms with van der Waals surface area (Å²) >= 11 is 1.94. The monoisotopic (exact) mass is 297 g/mol. The van der Waals surface area contributed by atoms with Gasteiger partial charge in [0.15, 0.2) is 0 Å². The fourth-order valence-electron chi connectivity index (χ4n) is 2.48. The van der Waals surface area contributed by atoms with Crippen molar-refractivity contribution in [1.82, 2.24) is 15.1 Å². The Morgan fingerprint density at radius 3 is 2.90 bits per heavy atom. The Bertz CT molecular complexity index is 463. The van der Waals surface area contributed by atoms with Crippen LogP contribution in [0.2, 0.25) is 0 Å². The molecule has 1 aromatic heterocycles. The van der Waals surface area contributed by atoms with Gasteiger partial charge in [0.25, 0.3) is 0 Å². The van der Waals surface area contributed by atoms with Crippen LogP contribution in [0.1, 0.15) is 42.2 Å². The highest BCUT2D eigenvalue weighted by Gasteiger charge is 2.35. The van der Waals surface area contributed by atoms with Gasteiger partial charge in [-0.25, -0.2) is 4.79 Å². The van der Waals surface area contributed by atoms with Crippen LogP contribution in [0, 0.1) is 0 Å². The SMILES string of the molecule is CCOC(=O)c1cnn(C)c1CNCC1(SC)CCC1. The number of nitrogens with one attached hydrogen (secondary N) is 1. The van der Waals surface area contributed by atoms with E-state index in [-0.39, 0.29) is 5.97 Å². The number of rotatable bonds is 7. The number of carbonyl (C=O) groups is 1. The first-order valence-corrected chi connectivity index (χ1v) is 8.28. The molecule has 20 heavy (non-hydrogen) atoms. The van der Waals surface area contributed by atoms with Crippen molar-refractivity contribution < 1.29 is 9.53 Å². The number of esters is 1. The lowest BCUT2D eigenvalue weighted by atomic mass is 9.84. The van der Waals surface area contributed by atoms with E-state index in [0.717, 1.165) is 12.2 Å². The summed E-state index contributed by atoms with van der Waals surface area (Å²) in [5.74, 6) is -0.291. The lowest BCUT2D eigenvalue weighted by Crippen LogP contribution is -2.43. The Morgan fingerprint density at radius 1 is 1.60 bits per heavy atom. The molecule has 1 aliphatic rings. The molecule has 1 saturated carbocycles. The van der Waals surface area contributed by atoms with Crippen molar-refractivity contribution in [3.05, 3.63) is 17.5 Å². The van der Waals surface area contributed by atoms with E-state index in [1.54, 1.807) is 10.9 Å². The minimum absolute atomic E-state index is 0.291. The molecule has 1 fully saturated rings. The molecule has 5 nitrogen and oxygen atoms in total. The number of nitrogens with zero attached hydrogens (tertiary/aromatic N) is 2. The van der Waals surface area contributed by atoms with Crippen molar-refractivity contribution in [3.63, 3.8) is 0 Å². The first-order valence-electron chi connectivity index (χ1n) is 7.06.